The van der Waals surface area contributed by atoms with Crippen LogP contribution in [0.1, 0.15) is 16.2 Å². The van der Waals surface area contributed by atoms with Crippen LogP contribution in [-0.2, 0) is 0 Å². The van der Waals surface area contributed by atoms with Crippen molar-refractivity contribution in [2.24, 2.45) is 0 Å². The van der Waals surface area contributed by atoms with Crippen LogP contribution in [0.3, 0.4) is 0 Å². The van der Waals surface area contributed by atoms with Gasteiger partial charge < -0.3 is 0 Å². The van der Waals surface area contributed by atoms with Gasteiger partial charge in [0, 0.05) is 29.3 Å². The third-order valence-electron chi connectivity index (χ3n) is 5.46. The summed E-state index contributed by atoms with van der Waals surface area (Å²) in [5.41, 5.74) is 5.47. The van der Waals surface area contributed by atoms with Crippen molar-refractivity contribution in [2.75, 3.05) is 0 Å². The molecular formula is C27H18S4. The summed E-state index contributed by atoms with van der Waals surface area (Å²) in [7, 11) is 0. The number of thiophene rings is 4. The van der Waals surface area contributed by atoms with Gasteiger partial charge in [-0.15, -0.1) is 45.3 Å². The molecule has 0 saturated heterocycles. The fourth-order valence-electron chi connectivity index (χ4n) is 3.98. The Hall–Kier alpha value is -2.50. The zero-order valence-corrected chi connectivity index (χ0v) is 19.8. The van der Waals surface area contributed by atoms with E-state index in [-0.39, 0.29) is 0 Å². The van der Waals surface area contributed by atoms with Gasteiger partial charge in [0.05, 0.1) is 0 Å². The maximum absolute atomic E-state index is 2.30. The highest BCUT2D eigenvalue weighted by atomic mass is 32.1. The minimum Gasteiger partial charge on any atom is -0.143 e. The van der Waals surface area contributed by atoms with E-state index in [1.165, 1.54) is 51.6 Å². The Balaban J connectivity index is 1.33. The van der Waals surface area contributed by atoms with Crippen LogP contribution in [0.4, 0.5) is 0 Å². The molecule has 2 aliphatic rings. The molecule has 0 unspecified atom stereocenters. The molecule has 2 aliphatic carbocycles. The third kappa shape index (κ3) is 3.70. The highest BCUT2D eigenvalue weighted by Gasteiger charge is 2.18. The van der Waals surface area contributed by atoms with E-state index in [4.69, 9.17) is 0 Å². The van der Waals surface area contributed by atoms with Crippen molar-refractivity contribution in [3.63, 3.8) is 0 Å². The van der Waals surface area contributed by atoms with E-state index in [9.17, 15) is 0 Å². The van der Waals surface area contributed by atoms with Gasteiger partial charge in [0.25, 0.3) is 0 Å². The minimum absolute atomic E-state index is 0.961. The molecule has 0 fully saturated rings. The lowest BCUT2D eigenvalue weighted by molar-refractivity contribution is 1.24. The second-order valence-electron chi connectivity index (χ2n) is 7.39. The van der Waals surface area contributed by atoms with Crippen molar-refractivity contribution in [1.82, 2.24) is 0 Å². The molecule has 4 aromatic rings. The maximum atomic E-state index is 2.30. The highest BCUT2D eigenvalue weighted by Crippen LogP contribution is 2.43. The van der Waals surface area contributed by atoms with Gasteiger partial charge in [-0.25, -0.2) is 0 Å². The largest absolute Gasteiger partial charge is 0.143 e. The Labute approximate surface area is 198 Å². The number of hydrogen-bond donors (Lipinski definition) is 0. The normalized spacial score (nSPS) is 15.6. The van der Waals surface area contributed by atoms with Gasteiger partial charge in [0.1, 0.15) is 0 Å². The van der Waals surface area contributed by atoms with Crippen molar-refractivity contribution >= 4 is 56.5 Å². The molecule has 0 N–H and O–H groups in total. The zero-order valence-electron chi connectivity index (χ0n) is 16.6. The summed E-state index contributed by atoms with van der Waals surface area (Å²) in [5.74, 6) is 0. The van der Waals surface area contributed by atoms with Crippen molar-refractivity contribution in [1.29, 1.82) is 0 Å². The molecule has 2 bridgehead atoms. The fourth-order valence-corrected chi connectivity index (χ4v) is 7.78. The van der Waals surface area contributed by atoms with Crippen LogP contribution >= 0.6 is 45.3 Å². The predicted molar refractivity (Wildman–Crippen MR) is 141 cm³/mol. The molecule has 4 aromatic heterocycles. The molecule has 6 rings (SSSR count). The molecule has 0 aliphatic heterocycles. The summed E-state index contributed by atoms with van der Waals surface area (Å²) in [6.07, 6.45) is 14.6. The Bertz CT molecular complexity index is 1380. The van der Waals surface area contributed by atoms with Gasteiger partial charge in [-0.1, -0.05) is 48.6 Å². The van der Waals surface area contributed by atoms with Crippen LogP contribution in [0, 0.1) is 0 Å². The topological polar surface area (TPSA) is 0 Å². The minimum atomic E-state index is 0.961. The van der Waals surface area contributed by atoms with Crippen LogP contribution in [-0.4, -0.2) is 0 Å². The van der Waals surface area contributed by atoms with E-state index in [0.29, 0.717) is 0 Å². The average molecular weight is 471 g/mol. The third-order valence-corrected chi connectivity index (χ3v) is 9.83. The lowest BCUT2D eigenvalue weighted by Crippen LogP contribution is -1.89. The summed E-state index contributed by atoms with van der Waals surface area (Å²) in [6, 6.07) is 17.7. The lowest BCUT2D eigenvalue weighted by atomic mass is 9.97. The van der Waals surface area contributed by atoms with Crippen LogP contribution in [0.5, 0.6) is 0 Å². The molecule has 0 spiro atoms. The molecule has 0 aromatic carbocycles. The Morgan fingerprint density at radius 3 is 1.94 bits per heavy atom. The molecule has 4 heteroatoms. The maximum Gasteiger partial charge on any atom is 0.0449 e. The summed E-state index contributed by atoms with van der Waals surface area (Å²) in [4.78, 5) is 8.07. The van der Waals surface area contributed by atoms with Crippen LogP contribution in [0.25, 0.3) is 30.7 Å². The first-order valence-corrected chi connectivity index (χ1v) is 13.5. The number of hydrogen-bond acceptors (Lipinski definition) is 4. The monoisotopic (exact) mass is 470 g/mol. The van der Waals surface area contributed by atoms with Gasteiger partial charge in [0.15, 0.2) is 0 Å². The van der Waals surface area contributed by atoms with E-state index < -0.39 is 0 Å². The van der Waals surface area contributed by atoms with Crippen molar-refractivity contribution < 1.29 is 0 Å². The fraction of sp³-hybridized carbons (Fsp3) is 0.0370. The lowest BCUT2D eigenvalue weighted by Gasteiger charge is -2.10. The number of allylic oxidation sites excluding steroid dienone is 10. The Morgan fingerprint density at radius 2 is 1.23 bits per heavy atom. The van der Waals surface area contributed by atoms with E-state index in [2.05, 4.69) is 95.7 Å². The molecule has 0 saturated carbocycles. The first kappa shape index (κ1) is 19.2. The molecule has 0 amide bonds. The van der Waals surface area contributed by atoms with E-state index in [1.807, 2.05) is 22.7 Å². The number of fused-ring (bicyclic) bond motifs is 2. The second kappa shape index (κ2) is 8.21. The van der Waals surface area contributed by atoms with Gasteiger partial charge in [-0.2, -0.15) is 0 Å². The van der Waals surface area contributed by atoms with Gasteiger partial charge in [0.2, 0.25) is 0 Å². The zero-order chi connectivity index (χ0) is 20.6. The van der Waals surface area contributed by atoms with Crippen molar-refractivity contribution in [3.8, 4) is 19.5 Å². The first-order valence-electron chi connectivity index (χ1n) is 10.1. The quantitative estimate of drug-likeness (QED) is 0.278. The molecule has 4 heterocycles. The standard InChI is InChI=1S/C27H18S4/c1-5-18-17-19(20(7-1)22-11-13-26(30-22)24-9-3-15-28-24)6-2-8-21(18)23-12-14-27(31-23)25-10-4-16-29-25/h1-16H,17H2. The highest BCUT2D eigenvalue weighted by molar-refractivity contribution is 7.22. The first-order chi connectivity index (χ1) is 15.3. The van der Waals surface area contributed by atoms with Crippen LogP contribution in [0.15, 0.2) is 107 Å². The average Bonchev–Trinajstić information content (AvgIpc) is 3.57. The molecule has 0 atom stereocenters. The molecule has 31 heavy (non-hydrogen) atoms. The van der Waals surface area contributed by atoms with E-state index >= 15 is 0 Å². The molecule has 0 radical (unpaired) electrons. The molecule has 0 nitrogen and oxygen atoms in total. The van der Waals surface area contributed by atoms with Crippen LogP contribution < -0.4 is 0 Å². The molecular weight excluding hydrogens is 453 g/mol. The number of rotatable bonds is 4. The molecule has 150 valence electrons. The SMILES string of the molecule is C1=CC2=C(c3ccc(-c4cccs4)s3)C=CC=C(C2)C(c2ccc(-c3cccs3)s2)=C1. The summed E-state index contributed by atoms with van der Waals surface area (Å²) < 4.78 is 0. The van der Waals surface area contributed by atoms with Crippen molar-refractivity contribution in [2.45, 2.75) is 6.42 Å². The predicted octanol–water partition coefficient (Wildman–Crippen LogP) is 9.56. The van der Waals surface area contributed by atoms with E-state index in [0.717, 1.165) is 6.42 Å². The van der Waals surface area contributed by atoms with E-state index in [1.54, 1.807) is 22.7 Å². The van der Waals surface area contributed by atoms with Gasteiger partial charge in [-0.3, -0.25) is 0 Å². The van der Waals surface area contributed by atoms with Crippen LogP contribution in [0.2, 0.25) is 0 Å². The second-order valence-corrected chi connectivity index (χ2v) is 11.5. The summed E-state index contributed by atoms with van der Waals surface area (Å²) >= 11 is 7.39. The van der Waals surface area contributed by atoms with Crippen molar-refractivity contribution in [3.05, 3.63) is 117 Å². The Morgan fingerprint density at radius 1 is 0.581 bits per heavy atom. The Kier molecular flexibility index (Phi) is 5.09. The smallest absolute Gasteiger partial charge is 0.0449 e. The van der Waals surface area contributed by atoms with Gasteiger partial charge in [-0.05, 0) is 75.9 Å². The van der Waals surface area contributed by atoms with Gasteiger partial charge >= 0.3 is 0 Å². The summed E-state index contributed by atoms with van der Waals surface area (Å²) in [5, 5.41) is 4.29. The summed E-state index contributed by atoms with van der Waals surface area (Å²) in [6.45, 7) is 0.